The number of benzene rings is 1. The Kier molecular flexibility index (Phi) is 3.74. The van der Waals surface area contributed by atoms with E-state index in [0.29, 0.717) is 11.4 Å². The zero-order valence-corrected chi connectivity index (χ0v) is 11.7. The molecule has 0 heterocycles. The smallest absolute Gasteiger partial charge is 0.251 e. The lowest BCUT2D eigenvalue weighted by Gasteiger charge is -2.41. The van der Waals surface area contributed by atoms with E-state index in [2.05, 4.69) is 27.9 Å². The molecular weight excluding hydrogens is 336 g/mol. The Bertz CT molecular complexity index is 381. The van der Waals surface area contributed by atoms with Gasteiger partial charge in [-0.3, -0.25) is 4.79 Å². The number of amides is 1. The van der Waals surface area contributed by atoms with Gasteiger partial charge in [0.25, 0.3) is 5.91 Å². The van der Waals surface area contributed by atoms with Gasteiger partial charge < -0.3 is 5.32 Å². The van der Waals surface area contributed by atoms with Crippen molar-refractivity contribution in [1.82, 2.24) is 5.32 Å². The van der Waals surface area contributed by atoms with Crippen molar-refractivity contribution < 1.29 is 4.79 Å². The first-order chi connectivity index (χ1) is 7.65. The van der Waals surface area contributed by atoms with E-state index < -0.39 is 0 Å². The van der Waals surface area contributed by atoms with Gasteiger partial charge in [0.15, 0.2) is 0 Å². The zero-order valence-electron chi connectivity index (χ0n) is 8.80. The monoisotopic (exact) mass is 349 g/mol. The standard InChI is InChI=1S/C12H13ClINO/c13-8-12(6-1-7-12)15-11(16)9-2-4-10(14)5-3-9/h2-5H,1,6-8H2,(H,15,16). The van der Waals surface area contributed by atoms with E-state index >= 15 is 0 Å². The highest BCUT2D eigenvalue weighted by atomic mass is 127. The molecule has 1 aliphatic rings. The molecule has 1 amide bonds. The Balaban J connectivity index is 2.05. The van der Waals surface area contributed by atoms with E-state index in [1.54, 1.807) is 0 Å². The average Bonchev–Trinajstić information content (AvgIpc) is 2.24. The Hall–Kier alpha value is -0.290. The number of carbonyl (C=O) groups is 1. The zero-order chi connectivity index (χ0) is 11.6. The molecule has 0 saturated heterocycles. The van der Waals surface area contributed by atoms with Crippen LogP contribution in [0.25, 0.3) is 0 Å². The van der Waals surface area contributed by atoms with Gasteiger partial charge in [0.2, 0.25) is 0 Å². The third kappa shape index (κ3) is 2.51. The summed E-state index contributed by atoms with van der Waals surface area (Å²) < 4.78 is 1.13. The molecule has 1 aromatic carbocycles. The minimum atomic E-state index is -0.151. The third-order valence-corrected chi connectivity index (χ3v) is 4.28. The van der Waals surface area contributed by atoms with E-state index in [-0.39, 0.29) is 11.4 Å². The second-order valence-electron chi connectivity index (χ2n) is 4.23. The number of hydrogen-bond acceptors (Lipinski definition) is 1. The predicted molar refractivity (Wildman–Crippen MR) is 73.9 cm³/mol. The minimum Gasteiger partial charge on any atom is -0.345 e. The molecule has 0 bridgehead atoms. The summed E-state index contributed by atoms with van der Waals surface area (Å²) in [6.07, 6.45) is 3.14. The van der Waals surface area contributed by atoms with Crippen LogP contribution >= 0.6 is 34.2 Å². The van der Waals surface area contributed by atoms with Gasteiger partial charge in [-0.2, -0.15) is 0 Å². The summed E-state index contributed by atoms with van der Waals surface area (Å²) >= 11 is 8.12. The molecule has 86 valence electrons. The number of nitrogens with one attached hydrogen (secondary N) is 1. The molecule has 16 heavy (non-hydrogen) atoms. The van der Waals surface area contributed by atoms with E-state index in [4.69, 9.17) is 11.6 Å². The summed E-state index contributed by atoms with van der Waals surface area (Å²) in [7, 11) is 0. The molecule has 1 aromatic rings. The number of alkyl halides is 1. The first-order valence-corrected chi connectivity index (χ1v) is 6.91. The first kappa shape index (κ1) is 12.2. The summed E-state index contributed by atoms with van der Waals surface area (Å²) in [5.41, 5.74) is 0.554. The Labute approximate surface area is 114 Å². The van der Waals surface area contributed by atoms with Crippen molar-refractivity contribution in [2.75, 3.05) is 5.88 Å². The molecule has 1 aliphatic carbocycles. The van der Waals surface area contributed by atoms with E-state index in [1.165, 1.54) is 0 Å². The van der Waals surface area contributed by atoms with E-state index in [0.717, 1.165) is 22.8 Å². The van der Waals surface area contributed by atoms with Gasteiger partial charge in [0.1, 0.15) is 0 Å². The summed E-state index contributed by atoms with van der Waals surface area (Å²) in [5.74, 6) is 0.486. The SMILES string of the molecule is O=C(NC1(CCl)CCC1)c1ccc(I)cc1. The van der Waals surface area contributed by atoms with Gasteiger partial charge in [-0.15, -0.1) is 11.6 Å². The Morgan fingerprint density at radius 1 is 1.38 bits per heavy atom. The van der Waals surface area contributed by atoms with Crippen molar-refractivity contribution in [2.24, 2.45) is 0 Å². The van der Waals surface area contributed by atoms with Crippen LogP contribution in [-0.2, 0) is 0 Å². The number of rotatable bonds is 3. The highest BCUT2D eigenvalue weighted by Gasteiger charge is 2.37. The van der Waals surface area contributed by atoms with Gasteiger partial charge in [-0.25, -0.2) is 0 Å². The lowest BCUT2D eigenvalue weighted by Crippen LogP contribution is -2.55. The van der Waals surface area contributed by atoms with Gasteiger partial charge in [-0.05, 0) is 66.1 Å². The van der Waals surface area contributed by atoms with Crippen LogP contribution in [0.5, 0.6) is 0 Å². The molecule has 0 aliphatic heterocycles. The first-order valence-electron chi connectivity index (χ1n) is 5.29. The van der Waals surface area contributed by atoms with Crippen LogP contribution in [-0.4, -0.2) is 17.3 Å². The summed E-state index contributed by atoms with van der Waals surface area (Å²) in [5, 5.41) is 3.04. The van der Waals surface area contributed by atoms with Crippen molar-refractivity contribution in [2.45, 2.75) is 24.8 Å². The van der Waals surface area contributed by atoms with Crippen LogP contribution in [0.15, 0.2) is 24.3 Å². The van der Waals surface area contributed by atoms with Crippen LogP contribution in [0, 0.1) is 3.57 Å². The fraction of sp³-hybridized carbons (Fsp3) is 0.417. The number of halogens is 2. The minimum absolute atomic E-state index is 0.0169. The summed E-state index contributed by atoms with van der Waals surface area (Å²) in [4.78, 5) is 12.0. The lowest BCUT2D eigenvalue weighted by molar-refractivity contribution is 0.0854. The topological polar surface area (TPSA) is 29.1 Å². The lowest BCUT2D eigenvalue weighted by atomic mass is 9.78. The van der Waals surface area contributed by atoms with Crippen LogP contribution < -0.4 is 5.32 Å². The normalized spacial score (nSPS) is 17.6. The van der Waals surface area contributed by atoms with Crippen LogP contribution in [0.2, 0.25) is 0 Å². The molecule has 0 unspecified atom stereocenters. The maximum Gasteiger partial charge on any atom is 0.251 e. The van der Waals surface area contributed by atoms with Crippen LogP contribution in [0.4, 0.5) is 0 Å². The molecule has 2 rings (SSSR count). The fourth-order valence-corrected chi connectivity index (χ4v) is 2.50. The van der Waals surface area contributed by atoms with E-state index in [9.17, 15) is 4.79 Å². The molecule has 4 heteroatoms. The largest absolute Gasteiger partial charge is 0.345 e. The highest BCUT2D eigenvalue weighted by Crippen LogP contribution is 2.33. The summed E-state index contributed by atoms with van der Waals surface area (Å²) in [6.45, 7) is 0. The molecule has 2 nitrogen and oxygen atoms in total. The van der Waals surface area contributed by atoms with Crippen molar-refractivity contribution in [3.8, 4) is 0 Å². The maximum absolute atomic E-state index is 12.0. The number of carbonyl (C=O) groups excluding carboxylic acids is 1. The average molecular weight is 350 g/mol. The van der Waals surface area contributed by atoms with Crippen molar-refractivity contribution >= 4 is 40.1 Å². The Morgan fingerprint density at radius 3 is 2.44 bits per heavy atom. The fourth-order valence-electron chi connectivity index (χ4n) is 1.81. The molecule has 1 fully saturated rings. The van der Waals surface area contributed by atoms with Crippen molar-refractivity contribution in [1.29, 1.82) is 0 Å². The second-order valence-corrected chi connectivity index (χ2v) is 5.74. The van der Waals surface area contributed by atoms with Crippen molar-refractivity contribution in [3.05, 3.63) is 33.4 Å². The van der Waals surface area contributed by atoms with Gasteiger partial charge in [0, 0.05) is 15.0 Å². The maximum atomic E-state index is 12.0. The van der Waals surface area contributed by atoms with E-state index in [1.807, 2.05) is 24.3 Å². The molecule has 0 aromatic heterocycles. The molecule has 0 spiro atoms. The molecule has 0 atom stereocenters. The highest BCUT2D eigenvalue weighted by molar-refractivity contribution is 14.1. The summed E-state index contributed by atoms with van der Waals surface area (Å²) in [6, 6.07) is 7.56. The Morgan fingerprint density at radius 2 is 2.00 bits per heavy atom. The molecule has 0 radical (unpaired) electrons. The molecular formula is C12H13ClINO. The van der Waals surface area contributed by atoms with Crippen LogP contribution in [0.3, 0.4) is 0 Å². The van der Waals surface area contributed by atoms with Gasteiger partial charge >= 0.3 is 0 Å². The quantitative estimate of drug-likeness (QED) is 0.659. The predicted octanol–water partition coefficient (Wildman–Crippen LogP) is 3.18. The molecule has 1 N–H and O–H groups in total. The number of hydrogen-bond donors (Lipinski definition) is 1. The van der Waals surface area contributed by atoms with Crippen LogP contribution in [0.1, 0.15) is 29.6 Å². The molecule has 1 saturated carbocycles. The second kappa shape index (κ2) is 4.92. The van der Waals surface area contributed by atoms with Crippen molar-refractivity contribution in [3.63, 3.8) is 0 Å². The van der Waals surface area contributed by atoms with Gasteiger partial charge in [-0.1, -0.05) is 0 Å². The van der Waals surface area contributed by atoms with Gasteiger partial charge in [0.05, 0.1) is 5.54 Å². The third-order valence-electron chi connectivity index (χ3n) is 3.05.